The topological polar surface area (TPSA) is 50.1 Å². The fourth-order valence-corrected chi connectivity index (χ4v) is 3.10. The normalized spacial score (nSPS) is 10.0. The van der Waals surface area contributed by atoms with Gasteiger partial charge in [-0.3, -0.25) is 4.79 Å². The lowest BCUT2D eigenvalue weighted by Crippen LogP contribution is -2.11. The molecule has 3 nitrogen and oxygen atoms in total. The van der Waals surface area contributed by atoms with E-state index in [1.807, 2.05) is 53.9 Å². The van der Waals surface area contributed by atoms with Gasteiger partial charge < -0.3 is 4.74 Å². The molecule has 3 rings (SSSR count). The highest BCUT2D eigenvalue weighted by Crippen LogP contribution is 2.36. The van der Waals surface area contributed by atoms with E-state index in [-0.39, 0.29) is 12.4 Å². The first-order chi connectivity index (χ1) is 11.3. The Morgan fingerprint density at radius 1 is 1.04 bits per heavy atom. The van der Waals surface area contributed by atoms with E-state index in [9.17, 15) is 10.1 Å². The molecule has 0 aliphatic carbocycles. The second-order valence-corrected chi connectivity index (χ2v) is 5.71. The summed E-state index contributed by atoms with van der Waals surface area (Å²) in [7, 11) is 0. The zero-order valence-corrected chi connectivity index (χ0v) is 13.0. The van der Waals surface area contributed by atoms with Gasteiger partial charge in [0, 0.05) is 16.5 Å². The van der Waals surface area contributed by atoms with E-state index < -0.39 is 0 Å². The first-order valence-electron chi connectivity index (χ1n) is 7.07. The van der Waals surface area contributed by atoms with E-state index in [2.05, 4.69) is 6.07 Å². The highest BCUT2D eigenvalue weighted by molar-refractivity contribution is 7.12. The maximum Gasteiger partial charge on any atom is 0.200 e. The third-order valence-electron chi connectivity index (χ3n) is 3.38. The first-order valence-corrected chi connectivity index (χ1v) is 7.95. The molecule has 1 heterocycles. The molecule has 0 unspecified atom stereocenters. The van der Waals surface area contributed by atoms with Gasteiger partial charge in [-0.2, -0.15) is 5.26 Å². The summed E-state index contributed by atoms with van der Waals surface area (Å²) in [6.45, 7) is -0.0760. The van der Waals surface area contributed by atoms with Crippen LogP contribution >= 0.6 is 11.3 Å². The van der Waals surface area contributed by atoms with E-state index in [1.54, 1.807) is 12.1 Å². The summed E-state index contributed by atoms with van der Waals surface area (Å²) in [6, 6.07) is 20.8. The number of hydrogen-bond donors (Lipinski definition) is 0. The van der Waals surface area contributed by atoms with Gasteiger partial charge in [-0.05, 0) is 5.56 Å². The van der Waals surface area contributed by atoms with Gasteiger partial charge in [0.15, 0.2) is 17.5 Å². The molecule has 0 aliphatic rings. The van der Waals surface area contributed by atoms with Crippen LogP contribution in [0.25, 0.3) is 11.1 Å². The molecule has 1 aromatic heterocycles. The quantitative estimate of drug-likeness (QED) is 0.648. The van der Waals surface area contributed by atoms with Crippen molar-refractivity contribution in [3.63, 3.8) is 0 Å². The summed E-state index contributed by atoms with van der Waals surface area (Å²) in [6.07, 6.45) is 0. The van der Waals surface area contributed by atoms with E-state index in [0.717, 1.165) is 11.1 Å². The standard InChI is InChI=1S/C19H13NO2S/c20-11-16-17(14-7-3-1-4-8-14)13-23-19(16)22-12-18(21)15-9-5-2-6-10-15/h1-10,13H,12H2. The molecule has 112 valence electrons. The molecule has 23 heavy (non-hydrogen) atoms. The SMILES string of the molecule is N#Cc1c(-c2ccccc2)csc1OCC(=O)c1ccccc1. The molecular weight excluding hydrogens is 306 g/mol. The Bertz CT molecular complexity index is 848. The summed E-state index contributed by atoms with van der Waals surface area (Å²) >= 11 is 1.34. The van der Waals surface area contributed by atoms with Crippen LogP contribution in [0.2, 0.25) is 0 Å². The highest BCUT2D eigenvalue weighted by atomic mass is 32.1. The van der Waals surface area contributed by atoms with Crippen molar-refractivity contribution in [2.24, 2.45) is 0 Å². The van der Waals surface area contributed by atoms with Crippen molar-refractivity contribution in [2.75, 3.05) is 6.61 Å². The number of Topliss-reactive ketones (excluding diaryl/α,β-unsaturated/α-hetero) is 1. The minimum atomic E-state index is -0.107. The Kier molecular flexibility index (Phi) is 4.51. The number of ketones is 1. The maximum absolute atomic E-state index is 12.1. The zero-order valence-electron chi connectivity index (χ0n) is 12.2. The van der Waals surface area contributed by atoms with E-state index in [0.29, 0.717) is 16.2 Å². The Hall–Kier alpha value is -2.90. The van der Waals surface area contributed by atoms with Crippen molar-refractivity contribution in [1.29, 1.82) is 5.26 Å². The van der Waals surface area contributed by atoms with Crippen LogP contribution in [0.1, 0.15) is 15.9 Å². The Morgan fingerprint density at radius 3 is 2.35 bits per heavy atom. The number of carbonyl (C=O) groups is 1. The molecule has 0 spiro atoms. The van der Waals surface area contributed by atoms with Crippen LogP contribution < -0.4 is 4.74 Å². The minimum absolute atomic E-state index is 0.0760. The highest BCUT2D eigenvalue weighted by Gasteiger charge is 2.15. The largest absolute Gasteiger partial charge is 0.474 e. The molecule has 3 aromatic rings. The molecule has 0 fully saturated rings. The van der Waals surface area contributed by atoms with Crippen molar-refractivity contribution < 1.29 is 9.53 Å². The van der Waals surface area contributed by atoms with Crippen LogP contribution in [-0.2, 0) is 0 Å². The van der Waals surface area contributed by atoms with Crippen LogP contribution in [0, 0.1) is 11.3 Å². The molecule has 0 saturated carbocycles. The Morgan fingerprint density at radius 2 is 1.70 bits per heavy atom. The van der Waals surface area contributed by atoms with Gasteiger partial charge in [-0.1, -0.05) is 60.7 Å². The fraction of sp³-hybridized carbons (Fsp3) is 0.0526. The number of benzene rings is 2. The summed E-state index contributed by atoms with van der Waals surface area (Å²) in [5.41, 5.74) is 2.87. The summed E-state index contributed by atoms with van der Waals surface area (Å²) in [4.78, 5) is 12.1. The van der Waals surface area contributed by atoms with Gasteiger partial charge in [0.1, 0.15) is 11.6 Å². The minimum Gasteiger partial charge on any atom is -0.474 e. The monoisotopic (exact) mass is 319 g/mol. The van der Waals surface area contributed by atoms with Gasteiger partial charge in [0.05, 0.1) is 0 Å². The third-order valence-corrected chi connectivity index (χ3v) is 4.27. The van der Waals surface area contributed by atoms with Crippen molar-refractivity contribution in [1.82, 2.24) is 0 Å². The van der Waals surface area contributed by atoms with Crippen LogP contribution in [0.3, 0.4) is 0 Å². The summed E-state index contributed by atoms with van der Waals surface area (Å²) in [5, 5.41) is 11.8. The number of thiophene rings is 1. The van der Waals surface area contributed by atoms with E-state index >= 15 is 0 Å². The molecule has 0 radical (unpaired) electrons. The van der Waals surface area contributed by atoms with E-state index in [4.69, 9.17) is 4.74 Å². The van der Waals surface area contributed by atoms with E-state index in [1.165, 1.54) is 11.3 Å². The third kappa shape index (κ3) is 3.31. The molecule has 0 saturated heterocycles. The van der Waals surface area contributed by atoms with Crippen molar-refractivity contribution >= 4 is 17.1 Å². The maximum atomic E-state index is 12.1. The number of carbonyl (C=O) groups excluding carboxylic acids is 1. The van der Waals surface area contributed by atoms with Crippen LogP contribution in [-0.4, -0.2) is 12.4 Å². The smallest absolute Gasteiger partial charge is 0.200 e. The molecule has 0 N–H and O–H groups in total. The van der Waals surface area contributed by atoms with Crippen LogP contribution in [0.15, 0.2) is 66.0 Å². The number of ether oxygens (including phenoxy) is 1. The Labute approximate surface area is 138 Å². The number of nitrogens with zero attached hydrogens (tertiary/aromatic N) is 1. The van der Waals surface area contributed by atoms with Gasteiger partial charge in [0.25, 0.3) is 0 Å². The molecular formula is C19H13NO2S. The molecule has 0 bridgehead atoms. The lowest BCUT2D eigenvalue weighted by atomic mass is 10.1. The average molecular weight is 319 g/mol. The molecule has 0 aliphatic heterocycles. The van der Waals surface area contributed by atoms with Crippen molar-refractivity contribution in [3.05, 3.63) is 77.2 Å². The van der Waals surface area contributed by atoms with Gasteiger partial charge in [-0.25, -0.2) is 0 Å². The number of hydrogen-bond acceptors (Lipinski definition) is 4. The predicted octanol–water partition coefficient (Wildman–Crippen LogP) is 4.55. The lowest BCUT2D eigenvalue weighted by Gasteiger charge is -2.04. The van der Waals surface area contributed by atoms with Crippen LogP contribution in [0.4, 0.5) is 0 Å². The summed E-state index contributed by atoms with van der Waals surface area (Å²) in [5.74, 6) is -0.107. The molecule has 2 aromatic carbocycles. The number of rotatable bonds is 5. The molecule has 0 amide bonds. The lowest BCUT2D eigenvalue weighted by molar-refractivity contribution is 0.0924. The van der Waals surface area contributed by atoms with Gasteiger partial charge in [0.2, 0.25) is 0 Å². The predicted molar refractivity (Wildman–Crippen MR) is 90.7 cm³/mol. The molecule has 4 heteroatoms. The second-order valence-electron chi connectivity index (χ2n) is 4.87. The summed E-state index contributed by atoms with van der Waals surface area (Å²) < 4.78 is 5.59. The average Bonchev–Trinajstić information content (AvgIpc) is 3.04. The Balaban J connectivity index is 1.78. The van der Waals surface area contributed by atoms with Crippen LogP contribution in [0.5, 0.6) is 5.06 Å². The van der Waals surface area contributed by atoms with Gasteiger partial charge in [-0.15, -0.1) is 11.3 Å². The fourth-order valence-electron chi connectivity index (χ4n) is 2.22. The van der Waals surface area contributed by atoms with Crippen molar-refractivity contribution in [3.8, 4) is 22.3 Å². The number of nitriles is 1. The first kappa shape index (κ1) is 15.0. The second kappa shape index (κ2) is 6.91. The van der Waals surface area contributed by atoms with Gasteiger partial charge >= 0.3 is 0 Å². The zero-order chi connectivity index (χ0) is 16.1. The molecule has 0 atom stereocenters. The van der Waals surface area contributed by atoms with Crippen molar-refractivity contribution in [2.45, 2.75) is 0 Å².